The number of nitrogens with one attached hydrogen (secondary N) is 1. The maximum Gasteiger partial charge on any atom is 0.154 e. The summed E-state index contributed by atoms with van der Waals surface area (Å²) in [5, 5.41) is 8.78. The molecule has 4 nitrogen and oxygen atoms in total. The van der Waals surface area contributed by atoms with Crippen LogP contribution in [-0.4, -0.2) is 21.8 Å². The lowest BCUT2D eigenvalue weighted by Crippen LogP contribution is -2.13. The van der Waals surface area contributed by atoms with Gasteiger partial charge in [0.2, 0.25) is 0 Å². The van der Waals surface area contributed by atoms with E-state index in [2.05, 4.69) is 40.5 Å². The lowest BCUT2D eigenvalue weighted by Gasteiger charge is -2.11. The van der Waals surface area contributed by atoms with Gasteiger partial charge in [-0.1, -0.05) is 18.2 Å². The van der Waals surface area contributed by atoms with E-state index in [0.29, 0.717) is 6.04 Å². The summed E-state index contributed by atoms with van der Waals surface area (Å²) >= 11 is 0. The normalized spacial score (nSPS) is 12.7. The molecule has 3 rings (SSSR count). The van der Waals surface area contributed by atoms with Crippen LogP contribution in [0.2, 0.25) is 0 Å². The van der Waals surface area contributed by atoms with Crippen LogP contribution in [0.3, 0.4) is 0 Å². The van der Waals surface area contributed by atoms with Gasteiger partial charge in [-0.2, -0.15) is 5.10 Å². The molecule has 0 bridgehead atoms. The van der Waals surface area contributed by atoms with Gasteiger partial charge in [0.1, 0.15) is 0 Å². The van der Waals surface area contributed by atoms with Crippen molar-refractivity contribution in [3.8, 4) is 5.82 Å². The smallest absolute Gasteiger partial charge is 0.154 e. The molecule has 0 aliphatic rings. The first-order valence-corrected chi connectivity index (χ1v) is 6.36. The Labute approximate surface area is 112 Å². The van der Waals surface area contributed by atoms with E-state index in [1.54, 1.807) is 0 Å². The van der Waals surface area contributed by atoms with Gasteiger partial charge in [-0.3, -0.25) is 0 Å². The summed E-state index contributed by atoms with van der Waals surface area (Å²) < 4.78 is 1.88. The van der Waals surface area contributed by atoms with Crippen LogP contribution in [0.5, 0.6) is 0 Å². The first-order valence-electron chi connectivity index (χ1n) is 6.36. The standard InChI is InChI=1S/C15H16N4/c1-11(16-2)12-7-8-17-15(9-12)19-14-6-4-3-5-13(14)10-18-19/h3-11,16H,1-2H3. The molecule has 1 N–H and O–H groups in total. The largest absolute Gasteiger partial charge is 0.313 e. The maximum atomic E-state index is 4.43. The third-order valence-corrected chi connectivity index (χ3v) is 3.40. The number of benzene rings is 1. The summed E-state index contributed by atoms with van der Waals surface area (Å²) in [7, 11) is 1.95. The number of pyridine rings is 1. The summed E-state index contributed by atoms with van der Waals surface area (Å²) in [5.74, 6) is 0.848. The monoisotopic (exact) mass is 252 g/mol. The molecule has 0 spiro atoms. The molecule has 1 aromatic carbocycles. The Kier molecular flexibility index (Phi) is 3.01. The number of hydrogen-bond acceptors (Lipinski definition) is 3. The van der Waals surface area contributed by atoms with Crippen molar-refractivity contribution in [2.45, 2.75) is 13.0 Å². The van der Waals surface area contributed by atoms with Gasteiger partial charge in [-0.25, -0.2) is 9.67 Å². The molecule has 1 unspecified atom stereocenters. The SMILES string of the molecule is CNC(C)c1ccnc(-n2ncc3ccccc32)c1. The summed E-state index contributed by atoms with van der Waals surface area (Å²) in [6, 6.07) is 12.5. The molecule has 0 radical (unpaired) electrons. The summed E-state index contributed by atoms with van der Waals surface area (Å²) in [4.78, 5) is 4.42. The van der Waals surface area contributed by atoms with Crippen molar-refractivity contribution in [1.29, 1.82) is 0 Å². The molecular weight excluding hydrogens is 236 g/mol. The Morgan fingerprint density at radius 1 is 1.21 bits per heavy atom. The van der Waals surface area contributed by atoms with Crippen molar-refractivity contribution in [1.82, 2.24) is 20.1 Å². The number of aromatic nitrogens is 3. The average molecular weight is 252 g/mol. The van der Waals surface area contributed by atoms with Crippen LogP contribution in [0, 0.1) is 0 Å². The Morgan fingerprint density at radius 2 is 2.05 bits per heavy atom. The Bertz CT molecular complexity index is 702. The van der Waals surface area contributed by atoms with Crippen LogP contribution < -0.4 is 5.32 Å². The minimum Gasteiger partial charge on any atom is -0.313 e. The number of nitrogens with zero attached hydrogens (tertiary/aromatic N) is 3. The maximum absolute atomic E-state index is 4.43. The van der Waals surface area contributed by atoms with E-state index in [1.165, 1.54) is 5.56 Å². The Balaban J connectivity index is 2.11. The van der Waals surface area contributed by atoms with Crippen molar-refractivity contribution in [2.24, 2.45) is 0 Å². The lowest BCUT2D eigenvalue weighted by atomic mass is 10.1. The molecule has 0 aliphatic carbocycles. The number of fused-ring (bicyclic) bond motifs is 1. The Morgan fingerprint density at radius 3 is 2.89 bits per heavy atom. The molecule has 0 fully saturated rings. The van der Waals surface area contributed by atoms with Crippen molar-refractivity contribution in [3.63, 3.8) is 0 Å². The van der Waals surface area contributed by atoms with Crippen LogP contribution in [0.4, 0.5) is 0 Å². The predicted molar refractivity (Wildman–Crippen MR) is 76.3 cm³/mol. The molecule has 96 valence electrons. The van der Waals surface area contributed by atoms with E-state index in [4.69, 9.17) is 0 Å². The van der Waals surface area contributed by atoms with Crippen LogP contribution in [-0.2, 0) is 0 Å². The minimum absolute atomic E-state index is 0.295. The highest BCUT2D eigenvalue weighted by Crippen LogP contribution is 2.19. The highest BCUT2D eigenvalue weighted by Gasteiger charge is 2.08. The number of rotatable bonds is 3. The highest BCUT2D eigenvalue weighted by molar-refractivity contribution is 5.79. The van der Waals surface area contributed by atoms with Crippen LogP contribution in [0.25, 0.3) is 16.7 Å². The molecule has 4 heteroatoms. The molecule has 1 atom stereocenters. The minimum atomic E-state index is 0.295. The quantitative estimate of drug-likeness (QED) is 0.779. The molecule has 3 aromatic rings. The van der Waals surface area contributed by atoms with Crippen molar-refractivity contribution < 1.29 is 0 Å². The zero-order chi connectivity index (χ0) is 13.2. The van der Waals surface area contributed by atoms with Gasteiger partial charge in [0.05, 0.1) is 11.7 Å². The van der Waals surface area contributed by atoms with E-state index in [1.807, 2.05) is 42.3 Å². The van der Waals surface area contributed by atoms with Gasteiger partial charge in [0.15, 0.2) is 5.82 Å². The van der Waals surface area contributed by atoms with Crippen LogP contribution in [0.1, 0.15) is 18.5 Å². The van der Waals surface area contributed by atoms with Gasteiger partial charge in [0, 0.05) is 17.6 Å². The zero-order valence-corrected chi connectivity index (χ0v) is 11.0. The molecule has 0 aliphatic heterocycles. The fraction of sp³-hybridized carbons (Fsp3) is 0.200. The van der Waals surface area contributed by atoms with E-state index >= 15 is 0 Å². The van der Waals surface area contributed by atoms with Crippen LogP contribution in [0.15, 0.2) is 48.8 Å². The van der Waals surface area contributed by atoms with E-state index in [-0.39, 0.29) is 0 Å². The number of para-hydroxylation sites is 1. The zero-order valence-electron chi connectivity index (χ0n) is 11.0. The van der Waals surface area contributed by atoms with Gasteiger partial charge >= 0.3 is 0 Å². The topological polar surface area (TPSA) is 42.7 Å². The van der Waals surface area contributed by atoms with E-state index in [9.17, 15) is 0 Å². The van der Waals surface area contributed by atoms with Gasteiger partial charge in [-0.15, -0.1) is 0 Å². The molecule has 2 heterocycles. The average Bonchev–Trinajstić information content (AvgIpc) is 2.90. The second-order valence-corrected chi connectivity index (χ2v) is 4.57. The molecule has 2 aromatic heterocycles. The number of hydrogen-bond donors (Lipinski definition) is 1. The highest BCUT2D eigenvalue weighted by atomic mass is 15.3. The van der Waals surface area contributed by atoms with Crippen molar-refractivity contribution in [2.75, 3.05) is 7.05 Å². The Hall–Kier alpha value is -2.20. The third-order valence-electron chi connectivity index (χ3n) is 3.40. The summed E-state index contributed by atoms with van der Waals surface area (Å²) in [6.45, 7) is 2.13. The fourth-order valence-corrected chi connectivity index (χ4v) is 2.14. The summed E-state index contributed by atoms with van der Waals surface area (Å²) in [5.41, 5.74) is 2.27. The molecule has 0 amide bonds. The first kappa shape index (κ1) is 11.9. The lowest BCUT2D eigenvalue weighted by molar-refractivity contribution is 0.650. The predicted octanol–water partition coefficient (Wildman–Crippen LogP) is 2.70. The second kappa shape index (κ2) is 4.82. The third kappa shape index (κ3) is 2.11. The van der Waals surface area contributed by atoms with Crippen LogP contribution >= 0.6 is 0 Å². The second-order valence-electron chi connectivity index (χ2n) is 4.57. The molecule has 0 saturated carbocycles. The first-order chi connectivity index (χ1) is 9.29. The van der Waals surface area contributed by atoms with Gasteiger partial charge < -0.3 is 5.32 Å². The van der Waals surface area contributed by atoms with E-state index in [0.717, 1.165) is 16.7 Å². The van der Waals surface area contributed by atoms with Crippen molar-refractivity contribution in [3.05, 3.63) is 54.4 Å². The molecular formula is C15H16N4. The van der Waals surface area contributed by atoms with Gasteiger partial charge in [0.25, 0.3) is 0 Å². The molecule has 19 heavy (non-hydrogen) atoms. The van der Waals surface area contributed by atoms with E-state index < -0.39 is 0 Å². The fourth-order valence-electron chi connectivity index (χ4n) is 2.14. The van der Waals surface area contributed by atoms with Gasteiger partial charge in [-0.05, 0) is 37.7 Å². The molecule has 0 saturated heterocycles. The summed E-state index contributed by atoms with van der Waals surface area (Å²) in [6.07, 6.45) is 3.69. The van der Waals surface area contributed by atoms with Crippen molar-refractivity contribution >= 4 is 10.9 Å².